The van der Waals surface area contributed by atoms with Crippen LogP contribution >= 0.6 is 0 Å². The molecule has 0 amide bonds. The molecule has 0 saturated heterocycles. The van der Waals surface area contributed by atoms with Gasteiger partial charge in [-0.05, 0) is 38.5 Å². The standard InChI is InChI=1S/C17H26N2O2/c1-14(2)19(10-5-11-20)13-16-12-15(6-4-9-18)7-8-17(16)21-3/h7-8,12,14,20H,5,9-11,13,18H2,1-3H3. The van der Waals surface area contributed by atoms with Crippen LogP contribution in [0.4, 0.5) is 0 Å². The summed E-state index contributed by atoms with van der Waals surface area (Å²) in [5.74, 6) is 6.79. The molecule has 0 atom stereocenters. The second-order valence-electron chi connectivity index (χ2n) is 5.17. The van der Waals surface area contributed by atoms with E-state index in [0.29, 0.717) is 12.6 Å². The van der Waals surface area contributed by atoms with Gasteiger partial charge in [0.1, 0.15) is 5.75 Å². The van der Waals surface area contributed by atoms with Crippen molar-refractivity contribution in [2.75, 3.05) is 26.8 Å². The summed E-state index contributed by atoms with van der Waals surface area (Å²) in [6, 6.07) is 6.34. The Kier molecular flexibility index (Phi) is 7.84. The van der Waals surface area contributed by atoms with E-state index in [2.05, 4.69) is 36.7 Å². The van der Waals surface area contributed by atoms with E-state index in [1.165, 1.54) is 0 Å². The Hall–Kier alpha value is -1.54. The van der Waals surface area contributed by atoms with Gasteiger partial charge in [0.15, 0.2) is 0 Å². The highest BCUT2D eigenvalue weighted by atomic mass is 16.5. The summed E-state index contributed by atoms with van der Waals surface area (Å²) in [7, 11) is 1.68. The molecule has 3 N–H and O–H groups in total. The molecule has 116 valence electrons. The third-order valence-corrected chi connectivity index (χ3v) is 3.32. The molecular weight excluding hydrogens is 264 g/mol. The SMILES string of the molecule is COc1ccc(C#CCN)cc1CN(CCCO)C(C)C. The van der Waals surface area contributed by atoms with Gasteiger partial charge in [0.05, 0.1) is 13.7 Å². The molecule has 1 rings (SSSR count). The number of aliphatic hydroxyl groups is 1. The predicted octanol–water partition coefficient (Wildman–Crippen LogP) is 1.60. The maximum Gasteiger partial charge on any atom is 0.123 e. The van der Waals surface area contributed by atoms with Crippen LogP contribution in [0.3, 0.4) is 0 Å². The molecule has 0 saturated carbocycles. The molecular formula is C17H26N2O2. The predicted molar refractivity (Wildman–Crippen MR) is 86.2 cm³/mol. The summed E-state index contributed by atoms with van der Waals surface area (Å²) < 4.78 is 5.44. The highest BCUT2D eigenvalue weighted by molar-refractivity contribution is 5.44. The van der Waals surface area contributed by atoms with Crippen molar-refractivity contribution in [3.05, 3.63) is 29.3 Å². The summed E-state index contributed by atoms with van der Waals surface area (Å²) in [5.41, 5.74) is 7.47. The fourth-order valence-electron chi connectivity index (χ4n) is 2.15. The van der Waals surface area contributed by atoms with Gasteiger partial charge in [-0.15, -0.1) is 0 Å². The van der Waals surface area contributed by atoms with E-state index in [-0.39, 0.29) is 6.61 Å². The van der Waals surface area contributed by atoms with Crippen molar-refractivity contribution in [3.8, 4) is 17.6 Å². The van der Waals surface area contributed by atoms with E-state index in [4.69, 9.17) is 15.6 Å². The lowest BCUT2D eigenvalue weighted by molar-refractivity contribution is 0.183. The van der Waals surface area contributed by atoms with E-state index >= 15 is 0 Å². The lowest BCUT2D eigenvalue weighted by atomic mass is 10.1. The smallest absolute Gasteiger partial charge is 0.123 e. The third kappa shape index (κ3) is 5.76. The lowest BCUT2D eigenvalue weighted by Crippen LogP contribution is -2.32. The van der Waals surface area contributed by atoms with Crippen LogP contribution in [0.2, 0.25) is 0 Å². The van der Waals surface area contributed by atoms with Gasteiger partial charge in [0.25, 0.3) is 0 Å². The van der Waals surface area contributed by atoms with Crippen molar-refractivity contribution < 1.29 is 9.84 Å². The molecule has 4 heteroatoms. The van der Waals surface area contributed by atoms with E-state index in [0.717, 1.165) is 36.4 Å². The van der Waals surface area contributed by atoms with Crippen molar-refractivity contribution in [1.29, 1.82) is 0 Å². The van der Waals surface area contributed by atoms with Gasteiger partial charge < -0.3 is 15.6 Å². The summed E-state index contributed by atoms with van der Waals surface area (Å²) in [5, 5.41) is 9.02. The van der Waals surface area contributed by atoms with Crippen molar-refractivity contribution in [1.82, 2.24) is 4.90 Å². The second kappa shape index (κ2) is 9.41. The van der Waals surface area contributed by atoms with Gasteiger partial charge in [-0.2, -0.15) is 0 Å². The number of ether oxygens (including phenoxy) is 1. The first-order valence-electron chi connectivity index (χ1n) is 7.33. The van der Waals surface area contributed by atoms with Crippen molar-refractivity contribution in [2.24, 2.45) is 5.73 Å². The lowest BCUT2D eigenvalue weighted by Gasteiger charge is -2.27. The van der Waals surface area contributed by atoms with Crippen LogP contribution in [-0.2, 0) is 6.54 Å². The van der Waals surface area contributed by atoms with E-state index in [1.54, 1.807) is 7.11 Å². The van der Waals surface area contributed by atoms with E-state index in [1.807, 2.05) is 12.1 Å². The average Bonchev–Trinajstić information content (AvgIpc) is 2.49. The number of benzene rings is 1. The van der Waals surface area contributed by atoms with E-state index in [9.17, 15) is 0 Å². The molecule has 0 aliphatic heterocycles. The minimum Gasteiger partial charge on any atom is -0.496 e. The van der Waals surface area contributed by atoms with Crippen molar-refractivity contribution in [2.45, 2.75) is 32.9 Å². The largest absolute Gasteiger partial charge is 0.496 e. The van der Waals surface area contributed by atoms with Crippen LogP contribution in [0.5, 0.6) is 5.75 Å². The fourth-order valence-corrected chi connectivity index (χ4v) is 2.15. The van der Waals surface area contributed by atoms with Gasteiger partial charge in [-0.1, -0.05) is 11.8 Å². The first-order chi connectivity index (χ1) is 10.1. The summed E-state index contributed by atoms with van der Waals surface area (Å²) in [4.78, 5) is 2.31. The number of nitrogens with zero attached hydrogens (tertiary/aromatic N) is 1. The molecule has 0 unspecified atom stereocenters. The number of aliphatic hydroxyl groups excluding tert-OH is 1. The molecule has 4 nitrogen and oxygen atoms in total. The summed E-state index contributed by atoms with van der Waals surface area (Å²) in [6.45, 7) is 6.51. The van der Waals surface area contributed by atoms with Gasteiger partial charge in [0, 0.05) is 36.9 Å². The van der Waals surface area contributed by atoms with Gasteiger partial charge >= 0.3 is 0 Å². The number of rotatable bonds is 7. The fraction of sp³-hybridized carbons (Fsp3) is 0.529. The first-order valence-corrected chi connectivity index (χ1v) is 7.33. The van der Waals surface area contributed by atoms with E-state index < -0.39 is 0 Å². The highest BCUT2D eigenvalue weighted by Gasteiger charge is 2.13. The number of hydrogen-bond acceptors (Lipinski definition) is 4. The normalized spacial score (nSPS) is 10.6. The van der Waals surface area contributed by atoms with Crippen LogP contribution < -0.4 is 10.5 Å². The van der Waals surface area contributed by atoms with Crippen molar-refractivity contribution >= 4 is 0 Å². The van der Waals surface area contributed by atoms with Gasteiger partial charge in [-0.25, -0.2) is 0 Å². The van der Waals surface area contributed by atoms with Crippen molar-refractivity contribution in [3.63, 3.8) is 0 Å². The molecule has 21 heavy (non-hydrogen) atoms. The molecule has 0 aliphatic carbocycles. The molecule has 1 aromatic carbocycles. The molecule has 0 heterocycles. The Labute approximate surface area is 127 Å². The Morgan fingerprint density at radius 2 is 2.14 bits per heavy atom. The van der Waals surface area contributed by atoms with Crippen LogP contribution in [-0.4, -0.2) is 42.9 Å². The zero-order valence-electron chi connectivity index (χ0n) is 13.2. The number of methoxy groups -OCH3 is 1. The van der Waals surface area contributed by atoms with Crippen LogP contribution in [0.25, 0.3) is 0 Å². The minimum atomic E-state index is 0.211. The van der Waals surface area contributed by atoms with Crippen LogP contribution in [0, 0.1) is 11.8 Å². The number of hydrogen-bond donors (Lipinski definition) is 2. The second-order valence-corrected chi connectivity index (χ2v) is 5.17. The zero-order valence-corrected chi connectivity index (χ0v) is 13.2. The average molecular weight is 290 g/mol. The first kappa shape index (κ1) is 17.5. The number of nitrogens with two attached hydrogens (primary N) is 1. The Bertz CT molecular complexity index is 489. The Morgan fingerprint density at radius 3 is 2.71 bits per heavy atom. The Morgan fingerprint density at radius 1 is 1.38 bits per heavy atom. The van der Waals surface area contributed by atoms with Crippen LogP contribution in [0.15, 0.2) is 18.2 Å². The highest BCUT2D eigenvalue weighted by Crippen LogP contribution is 2.22. The minimum absolute atomic E-state index is 0.211. The van der Waals surface area contributed by atoms with Crippen LogP contribution in [0.1, 0.15) is 31.4 Å². The topological polar surface area (TPSA) is 58.7 Å². The maximum atomic E-state index is 9.02. The maximum absolute atomic E-state index is 9.02. The molecule has 0 aromatic heterocycles. The summed E-state index contributed by atoms with van der Waals surface area (Å²) in [6.07, 6.45) is 0.771. The monoisotopic (exact) mass is 290 g/mol. The molecule has 0 fully saturated rings. The zero-order chi connectivity index (χ0) is 15.7. The molecule has 0 spiro atoms. The Balaban J connectivity index is 2.96. The van der Waals surface area contributed by atoms with Gasteiger partial charge in [0.2, 0.25) is 0 Å². The van der Waals surface area contributed by atoms with Gasteiger partial charge in [-0.3, -0.25) is 4.90 Å². The molecule has 0 aliphatic rings. The third-order valence-electron chi connectivity index (χ3n) is 3.32. The molecule has 0 bridgehead atoms. The summed E-state index contributed by atoms with van der Waals surface area (Å²) >= 11 is 0. The molecule has 1 aromatic rings. The quantitative estimate of drug-likeness (QED) is 0.749. The molecule has 0 radical (unpaired) electrons.